The quantitative estimate of drug-likeness (QED) is 0.169. The molecule has 0 aromatic heterocycles. The van der Waals surface area contributed by atoms with Crippen LogP contribution < -0.4 is 0 Å². The molecular formula is C9H15Br6O4P. The monoisotopic (exact) mass is 692 g/mol. The molecule has 0 bridgehead atoms. The van der Waals surface area contributed by atoms with Gasteiger partial charge in [0, 0.05) is 16.0 Å². The number of hydrogen-bond donors (Lipinski definition) is 0. The molecule has 0 heterocycles. The fourth-order valence-corrected chi connectivity index (χ4v) is 7.84. The van der Waals surface area contributed by atoms with E-state index in [9.17, 15) is 4.57 Å². The van der Waals surface area contributed by atoms with Gasteiger partial charge in [0.25, 0.3) is 0 Å². The minimum absolute atomic E-state index is 0.417. The molecular weight excluding hydrogens is 682 g/mol. The maximum atomic E-state index is 12.7. The van der Waals surface area contributed by atoms with Crippen LogP contribution in [0.2, 0.25) is 0 Å². The van der Waals surface area contributed by atoms with Gasteiger partial charge < -0.3 is 0 Å². The van der Waals surface area contributed by atoms with Gasteiger partial charge in [0.1, 0.15) is 15.0 Å². The largest absolute Gasteiger partial charge is 0.478 e. The molecule has 3 unspecified atom stereocenters. The van der Waals surface area contributed by atoms with Gasteiger partial charge >= 0.3 is 7.82 Å². The van der Waals surface area contributed by atoms with Gasteiger partial charge in [-0.25, -0.2) is 4.57 Å². The Morgan fingerprint density at radius 1 is 0.700 bits per heavy atom. The van der Waals surface area contributed by atoms with Crippen molar-refractivity contribution in [2.45, 2.75) is 34.3 Å². The first kappa shape index (κ1) is 23.0. The third-order valence-corrected chi connectivity index (χ3v) is 7.45. The Hall–Kier alpha value is 2.99. The van der Waals surface area contributed by atoms with Crippen molar-refractivity contribution in [2.24, 2.45) is 0 Å². The second-order valence-electron chi connectivity index (χ2n) is 3.43. The highest BCUT2D eigenvalue weighted by Gasteiger charge is 2.35. The van der Waals surface area contributed by atoms with Crippen LogP contribution in [0.1, 0.15) is 19.3 Å². The van der Waals surface area contributed by atoms with Gasteiger partial charge in [-0.2, -0.15) is 0 Å². The first-order valence-corrected chi connectivity index (χ1v) is 13.2. The number of rotatable bonds is 12. The number of phosphoric ester groups is 1. The number of hydrogen-bond acceptors (Lipinski definition) is 4. The third-order valence-electron chi connectivity index (χ3n) is 1.74. The summed E-state index contributed by atoms with van der Waals surface area (Å²) in [6, 6.07) is 0. The Balaban J connectivity index is 4.69. The van der Waals surface area contributed by atoms with Crippen molar-refractivity contribution in [3.05, 3.63) is 0 Å². The highest BCUT2D eigenvalue weighted by atomic mass is 79.9. The standard InChI is InChI=1S/C9H15Br6O4P/c10-4-1-7(13)17-20(16,18-8(14)2-5-11)19-9(15)3-6-12/h7-9H,1-6H2. The number of phosphoric acid groups is 1. The Morgan fingerprint density at radius 2 is 0.950 bits per heavy atom. The molecule has 0 spiro atoms. The van der Waals surface area contributed by atoms with E-state index in [0.29, 0.717) is 35.3 Å². The molecule has 4 nitrogen and oxygen atoms in total. The van der Waals surface area contributed by atoms with Gasteiger partial charge in [-0.3, -0.25) is 13.6 Å². The van der Waals surface area contributed by atoms with Crippen LogP contribution in [0.25, 0.3) is 0 Å². The van der Waals surface area contributed by atoms with Gasteiger partial charge in [0.05, 0.1) is 0 Å². The van der Waals surface area contributed by atoms with E-state index in [4.69, 9.17) is 13.6 Å². The SMILES string of the molecule is O=P(OC(Br)CCBr)(OC(Br)CCBr)OC(Br)CCBr. The maximum Gasteiger partial charge on any atom is 0.478 e. The van der Waals surface area contributed by atoms with Gasteiger partial charge in [-0.1, -0.05) is 95.6 Å². The average molecular weight is 698 g/mol. The lowest BCUT2D eigenvalue weighted by Crippen LogP contribution is -2.15. The molecule has 0 aromatic rings. The molecule has 122 valence electrons. The number of alkyl halides is 6. The fraction of sp³-hybridized carbons (Fsp3) is 1.00. The first-order valence-electron chi connectivity index (χ1n) is 5.62. The maximum absolute atomic E-state index is 12.7. The lowest BCUT2D eigenvalue weighted by molar-refractivity contribution is 0.0934. The van der Waals surface area contributed by atoms with Crippen LogP contribution in [0.3, 0.4) is 0 Å². The van der Waals surface area contributed by atoms with Gasteiger partial charge in [0.2, 0.25) is 0 Å². The molecule has 20 heavy (non-hydrogen) atoms. The summed E-state index contributed by atoms with van der Waals surface area (Å²) in [6.07, 6.45) is 1.90. The van der Waals surface area contributed by atoms with Crippen molar-refractivity contribution >= 4 is 103 Å². The average Bonchev–Trinajstić information content (AvgIpc) is 2.28. The van der Waals surface area contributed by atoms with Crippen molar-refractivity contribution in [1.29, 1.82) is 0 Å². The van der Waals surface area contributed by atoms with Gasteiger partial charge in [0.15, 0.2) is 0 Å². The van der Waals surface area contributed by atoms with Crippen LogP contribution in [0.5, 0.6) is 0 Å². The van der Waals surface area contributed by atoms with Crippen LogP contribution in [0.15, 0.2) is 0 Å². The second kappa shape index (κ2) is 13.3. The zero-order valence-corrected chi connectivity index (χ0v) is 20.7. The van der Waals surface area contributed by atoms with E-state index >= 15 is 0 Å². The van der Waals surface area contributed by atoms with Crippen molar-refractivity contribution < 1.29 is 18.1 Å². The van der Waals surface area contributed by atoms with Crippen molar-refractivity contribution in [3.63, 3.8) is 0 Å². The molecule has 3 atom stereocenters. The first-order chi connectivity index (χ1) is 9.36. The summed E-state index contributed by atoms with van der Waals surface area (Å²) in [5, 5.41) is 0.879. The topological polar surface area (TPSA) is 44.8 Å². The van der Waals surface area contributed by atoms with E-state index in [1.165, 1.54) is 0 Å². The van der Waals surface area contributed by atoms with Gasteiger partial charge in [-0.15, -0.1) is 0 Å². The normalized spacial score (nSPS) is 19.3. The van der Waals surface area contributed by atoms with E-state index in [1.54, 1.807) is 0 Å². The predicted molar refractivity (Wildman–Crippen MR) is 104 cm³/mol. The highest BCUT2D eigenvalue weighted by molar-refractivity contribution is 9.10. The van der Waals surface area contributed by atoms with Crippen LogP contribution in [-0.4, -0.2) is 31.0 Å². The fourth-order valence-electron chi connectivity index (χ4n) is 0.910. The Kier molecular flexibility index (Phi) is 15.3. The van der Waals surface area contributed by atoms with E-state index in [1.807, 2.05) is 0 Å². The molecule has 0 N–H and O–H groups in total. The van der Waals surface area contributed by atoms with Crippen molar-refractivity contribution in [1.82, 2.24) is 0 Å². The summed E-state index contributed by atoms with van der Waals surface area (Å²) in [5.74, 6) is 0. The summed E-state index contributed by atoms with van der Waals surface area (Å²) in [6.45, 7) is 0. The summed E-state index contributed by atoms with van der Waals surface area (Å²) in [5.41, 5.74) is 0. The molecule has 0 amide bonds. The smallest absolute Gasteiger partial charge is 0.272 e. The Morgan fingerprint density at radius 3 is 1.15 bits per heavy atom. The highest BCUT2D eigenvalue weighted by Crippen LogP contribution is 2.55. The number of halogens is 6. The zero-order chi connectivity index (χ0) is 15.6. The van der Waals surface area contributed by atoms with Crippen LogP contribution in [-0.2, 0) is 18.1 Å². The summed E-state index contributed by atoms with van der Waals surface area (Å²) in [7, 11) is -3.68. The molecule has 0 aliphatic rings. The zero-order valence-electron chi connectivity index (χ0n) is 10.3. The summed E-state index contributed by atoms with van der Waals surface area (Å²) >= 11 is 19.8. The molecule has 0 rings (SSSR count). The second-order valence-corrected chi connectivity index (χ2v) is 10.4. The Labute approximate surface area is 170 Å². The van der Waals surface area contributed by atoms with E-state index in [-0.39, 0.29) is 0 Å². The molecule has 11 heteroatoms. The van der Waals surface area contributed by atoms with E-state index < -0.39 is 22.9 Å². The van der Waals surface area contributed by atoms with E-state index in [2.05, 4.69) is 95.6 Å². The molecule has 0 saturated heterocycles. The van der Waals surface area contributed by atoms with Crippen LogP contribution in [0, 0.1) is 0 Å². The van der Waals surface area contributed by atoms with E-state index in [0.717, 1.165) is 0 Å². The van der Waals surface area contributed by atoms with Gasteiger partial charge in [-0.05, 0) is 19.3 Å². The lowest BCUT2D eigenvalue weighted by atomic mass is 10.5. The molecule has 0 aliphatic heterocycles. The van der Waals surface area contributed by atoms with Crippen LogP contribution >= 0.6 is 103 Å². The van der Waals surface area contributed by atoms with Crippen molar-refractivity contribution in [3.8, 4) is 0 Å². The predicted octanol–water partition coefficient (Wildman–Crippen LogP) is 6.66. The summed E-state index contributed by atoms with van der Waals surface area (Å²) < 4.78 is 28.9. The van der Waals surface area contributed by atoms with Crippen molar-refractivity contribution in [2.75, 3.05) is 16.0 Å². The lowest BCUT2D eigenvalue weighted by Gasteiger charge is -2.24. The molecule has 0 saturated carbocycles. The minimum atomic E-state index is -3.68. The minimum Gasteiger partial charge on any atom is -0.272 e. The van der Waals surface area contributed by atoms with Crippen LogP contribution in [0.4, 0.5) is 0 Å². The third kappa shape index (κ3) is 11.5. The molecule has 0 aromatic carbocycles. The molecule has 0 aliphatic carbocycles. The molecule has 0 fully saturated rings. The summed E-state index contributed by atoms with van der Waals surface area (Å²) in [4.78, 5) is 0. The Bertz CT molecular complexity index is 255. The molecule has 0 radical (unpaired) electrons.